The van der Waals surface area contributed by atoms with Crippen LogP contribution in [0.2, 0.25) is 0 Å². The van der Waals surface area contributed by atoms with Crippen molar-refractivity contribution in [2.45, 2.75) is 60.0 Å². The van der Waals surface area contributed by atoms with Gasteiger partial charge in [0.2, 0.25) is 0 Å². The number of hydrogen-bond donors (Lipinski definition) is 0. The third-order valence-corrected chi connectivity index (χ3v) is 3.34. The molecule has 0 fully saturated rings. The molecule has 0 aliphatic rings. The molecule has 0 radical (unpaired) electrons. The third kappa shape index (κ3) is 6.72. The molecule has 0 atom stereocenters. The van der Waals surface area contributed by atoms with Crippen LogP contribution in [0.3, 0.4) is 0 Å². The number of benzene rings is 1. The number of hydrogen-bond acceptors (Lipinski definition) is 2. The number of nitrogens with zero attached hydrogens (tertiary/aromatic N) is 1. The molecule has 1 rings (SSSR count). The van der Waals surface area contributed by atoms with Crippen LogP contribution in [0.15, 0.2) is 53.8 Å². The molecule has 0 saturated heterocycles. The molecule has 0 aliphatic heterocycles. The van der Waals surface area contributed by atoms with E-state index >= 15 is 0 Å². The van der Waals surface area contributed by atoms with E-state index in [9.17, 15) is 4.79 Å². The monoisotopic (exact) mass is 315 g/mol. The van der Waals surface area contributed by atoms with Crippen molar-refractivity contribution in [2.24, 2.45) is 0 Å². The van der Waals surface area contributed by atoms with E-state index in [4.69, 9.17) is 4.74 Å². The zero-order chi connectivity index (χ0) is 17.4. The Morgan fingerprint density at radius 2 is 1.65 bits per heavy atom. The molecule has 23 heavy (non-hydrogen) atoms. The quantitative estimate of drug-likeness (QED) is 0.524. The number of carbonyl (C=O) groups is 1. The fourth-order valence-corrected chi connectivity index (χ4v) is 2.42. The molecule has 3 heteroatoms. The van der Waals surface area contributed by atoms with Crippen molar-refractivity contribution in [2.75, 3.05) is 0 Å². The van der Waals surface area contributed by atoms with Crippen molar-refractivity contribution in [3.63, 3.8) is 0 Å². The Morgan fingerprint density at radius 1 is 1.09 bits per heavy atom. The Bertz CT molecular complexity index is 544. The summed E-state index contributed by atoms with van der Waals surface area (Å²) in [6, 6.07) is 10.3. The highest BCUT2D eigenvalue weighted by Crippen LogP contribution is 2.14. The highest BCUT2D eigenvalue weighted by molar-refractivity contribution is 5.70. The third-order valence-electron chi connectivity index (χ3n) is 3.34. The highest BCUT2D eigenvalue weighted by atomic mass is 16.6. The maximum Gasteiger partial charge on any atom is 0.415 e. The van der Waals surface area contributed by atoms with Crippen molar-refractivity contribution in [3.8, 4) is 0 Å². The summed E-state index contributed by atoms with van der Waals surface area (Å²) in [6.07, 6.45) is 4.29. The molecule has 3 nitrogen and oxygen atoms in total. The normalized spacial score (nSPS) is 11.6. The maximum absolute atomic E-state index is 12.5. The molecule has 1 aromatic rings. The van der Waals surface area contributed by atoms with Crippen molar-refractivity contribution >= 4 is 6.09 Å². The SMILES string of the molecule is CC(C)=C/C(=C/Cc1ccccc1)OC(=O)N(C(C)C)C(C)C. The molecule has 1 aromatic carbocycles. The van der Waals surface area contributed by atoms with E-state index in [0.717, 1.165) is 12.0 Å². The molecule has 0 N–H and O–H groups in total. The molecular weight excluding hydrogens is 286 g/mol. The van der Waals surface area contributed by atoms with Crippen LogP contribution >= 0.6 is 0 Å². The van der Waals surface area contributed by atoms with Gasteiger partial charge in [0.15, 0.2) is 0 Å². The first-order chi connectivity index (χ1) is 10.8. The minimum Gasteiger partial charge on any atom is -0.411 e. The van der Waals surface area contributed by atoms with E-state index in [0.29, 0.717) is 5.76 Å². The van der Waals surface area contributed by atoms with Gasteiger partial charge < -0.3 is 9.64 Å². The van der Waals surface area contributed by atoms with Crippen molar-refractivity contribution < 1.29 is 9.53 Å². The molecule has 126 valence electrons. The lowest BCUT2D eigenvalue weighted by Crippen LogP contribution is -2.42. The summed E-state index contributed by atoms with van der Waals surface area (Å²) >= 11 is 0. The molecule has 0 spiro atoms. The van der Waals surface area contributed by atoms with Gasteiger partial charge in [0.1, 0.15) is 5.76 Å². The topological polar surface area (TPSA) is 29.5 Å². The summed E-state index contributed by atoms with van der Waals surface area (Å²) in [4.78, 5) is 14.2. The highest BCUT2D eigenvalue weighted by Gasteiger charge is 2.22. The Kier molecular flexibility index (Phi) is 7.60. The molecule has 0 aliphatic carbocycles. The fraction of sp³-hybridized carbons (Fsp3) is 0.450. The van der Waals surface area contributed by atoms with Crippen LogP contribution in [0.4, 0.5) is 4.79 Å². The van der Waals surface area contributed by atoms with Crippen LogP contribution in [-0.4, -0.2) is 23.1 Å². The van der Waals surface area contributed by atoms with E-state index in [1.165, 1.54) is 5.56 Å². The van der Waals surface area contributed by atoms with Gasteiger partial charge in [-0.05, 0) is 65.7 Å². The maximum atomic E-state index is 12.5. The van der Waals surface area contributed by atoms with Gasteiger partial charge in [-0.3, -0.25) is 0 Å². The zero-order valence-corrected chi connectivity index (χ0v) is 15.2. The van der Waals surface area contributed by atoms with E-state index < -0.39 is 0 Å². The second kappa shape index (κ2) is 9.19. The van der Waals surface area contributed by atoms with E-state index in [1.807, 2.05) is 71.9 Å². The van der Waals surface area contributed by atoms with Crippen LogP contribution in [0.5, 0.6) is 0 Å². The van der Waals surface area contributed by atoms with Crippen LogP contribution < -0.4 is 0 Å². The average molecular weight is 315 g/mol. The predicted molar refractivity (Wildman–Crippen MR) is 96.3 cm³/mol. The van der Waals surface area contributed by atoms with Gasteiger partial charge in [0.25, 0.3) is 0 Å². The van der Waals surface area contributed by atoms with Gasteiger partial charge in [-0.2, -0.15) is 0 Å². The summed E-state index contributed by atoms with van der Waals surface area (Å²) in [7, 11) is 0. The first-order valence-corrected chi connectivity index (χ1v) is 8.20. The largest absolute Gasteiger partial charge is 0.415 e. The first kappa shape index (κ1) is 19.0. The lowest BCUT2D eigenvalue weighted by Gasteiger charge is -2.29. The molecule has 0 unspecified atom stereocenters. The Morgan fingerprint density at radius 3 is 2.13 bits per heavy atom. The number of carbonyl (C=O) groups excluding carboxylic acids is 1. The van der Waals surface area contributed by atoms with E-state index in [1.54, 1.807) is 4.90 Å². The number of amides is 1. The summed E-state index contributed by atoms with van der Waals surface area (Å²) in [5.41, 5.74) is 2.28. The summed E-state index contributed by atoms with van der Waals surface area (Å²) in [5, 5.41) is 0. The van der Waals surface area contributed by atoms with Crippen LogP contribution in [-0.2, 0) is 11.2 Å². The Hall–Kier alpha value is -2.03. The van der Waals surface area contributed by atoms with Crippen LogP contribution in [0.25, 0.3) is 0 Å². The first-order valence-electron chi connectivity index (χ1n) is 8.20. The molecule has 0 aromatic heterocycles. The second-order valence-electron chi connectivity index (χ2n) is 6.48. The van der Waals surface area contributed by atoms with E-state index in [2.05, 4.69) is 12.1 Å². The molecular formula is C20H29NO2. The zero-order valence-electron chi connectivity index (χ0n) is 15.2. The smallest absolute Gasteiger partial charge is 0.411 e. The molecule has 0 saturated carbocycles. The minimum absolute atomic E-state index is 0.101. The Balaban J connectivity index is 2.90. The summed E-state index contributed by atoms with van der Waals surface area (Å²) < 4.78 is 5.64. The lowest BCUT2D eigenvalue weighted by molar-refractivity contribution is 0.104. The summed E-state index contributed by atoms with van der Waals surface area (Å²) in [5.74, 6) is 0.602. The van der Waals surface area contributed by atoms with Gasteiger partial charge in [0.05, 0.1) is 0 Å². The average Bonchev–Trinajstić information content (AvgIpc) is 2.44. The van der Waals surface area contributed by atoms with Crippen LogP contribution in [0, 0.1) is 0 Å². The Labute approximate surface area is 140 Å². The van der Waals surface area contributed by atoms with Gasteiger partial charge >= 0.3 is 6.09 Å². The predicted octanol–water partition coefficient (Wildman–Crippen LogP) is 5.33. The molecule has 0 bridgehead atoms. The van der Waals surface area contributed by atoms with Gasteiger partial charge in [-0.15, -0.1) is 0 Å². The number of ether oxygens (including phenoxy) is 1. The summed E-state index contributed by atoms with van der Waals surface area (Å²) in [6.45, 7) is 12.0. The fourth-order valence-electron chi connectivity index (χ4n) is 2.42. The standard InChI is InChI=1S/C20H29NO2/c1-15(2)14-19(13-12-18-10-8-7-9-11-18)23-20(22)21(16(3)4)17(5)6/h7-11,13-14,16-17H,12H2,1-6H3/b19-13-. The van der Waals surface area contributed by atoms with E-state index in [-0.39, 0.29) is 18.2 Å². The van der Waals surface area contributed by atoms with Gasteiger partial charge in [-0.1, -0.05) is 35.9 Å². The van der Waals surface area contributed by atoms with Crippen molar-refractivity contribution in [3.05, 3.63) is 59.4 Å². The van der Waals surface area contributed by atoms with Crippen molar-refractivity contribution in [1.29, 1.82) is 0 Å². The number of rotatable bonds is 6. The van der Waals surface area contributed by atoms with Crippen LogP contribution in [0.1, 0.15) is 47.1 Å². The lowest BCUT2D eigenvalue weighted by atomic mass is 10.1. The van der Waals surface area contributed by atoms with Gasteiger partial charge in [0, 0.05) is 12.1 Å². The minimum atomic E-state index is -0.299. The molecule has 1 amide bonds. The second-order valence-corrected chi connectivity index (χ2v) is 6.48. The van der Waals surface area contributed by atoms with Crippen molar-refractivity contribution in [1.82, 2.24) is 4.90 Å². The number of allylic oxidation sites excluding steroid dienone is 3. The molecule has 0 heterocycles. The van der Waals surface area contributed by atoms with Gasteiger partial charge in [-0.25, -0.2) is 4.79 Å².